The monoisotopic (exact) mass is 463 g/mol. The lowest BCUT2D eigenvalue weighted by Crippen LogP contribution is -2.46. The first-order valence-corrected chi connectivity index (χ1v) is 11.7. The highest BCUT2D eigenvalue weighted by Crippen LogP contribution is 2.20. The van der Waals surface area contributed by atoms with Gasteiger partial charge in [-0.3, -0.25) is 9.59 Å². The molecule has 1 fully saturated rings. The average molecular weight is 464 g/mol. The number of carbonyl (C=O) groups excluding carboxylic acids is 2. The van der Waals surface area contributed by atoms with Crippen LogP contribution < -0.4 is 14.9 Å². The number of hydrogen-bond acceptors (Lipinski definition) is 5. The summed E-state index contributed by atoms with van der Waals surface area (Å²) in [7, 11) is -4.03. The summed E-state index contributed by atoms with van der Waals surface area (Å²) in [6, 6.07) is 11.3. The second kappa shape index (κ2) is 10.7. The van der Waals surface area contributed by atoms with Crippen LogP contribution >= 0.6 is 0 Å². The van der Waals surface area contributed by atoms with Crippen LogP contribution in [-0.2, 0) is 24.3 Å². The van der Waals surface area contributed by atoms with E-state index in [4.69, 9.17) is 4.74 Å². The molecule has 3 rings (SSSR count). The Balaban J connectivity index is 1.69. The van der Waals surface area contributed by atoms with E-state index in [0.29, 0.717) is 18.8 Å². The zero-order chi connectivity index (χ0) is 23.1. The lowest BCUT2D eigenvalue weighted by molar-refractivity contribution is -0.123. The Morgan fingerprint density at radius 2 is 1.88 bits per heavy atom. The number of rotatable bonds is 9. The maximum Gasteiger partial charge on any atom is 0.242 e. The quantitative estimate of drug-likeness (QED) is 0.590. The van der Waals surface area contributed by atoms with E-state index >= 15 is 0 Å². The molecule has 10 heteroatoms. The molecule has 1 aliphatic rings. The Hall–Kier alpha value is -2.82. The van der Waals surface area contributed by atoms with Gasteiger partial charge in [-0.25, -0.2) is 17.5 Å². The van der Waals surface area contributed by atoms with Crippen molar-refractivity contribution in [1.29, 1.82) is 0 Å². The second-order valence-electron chi connectivity index (χ2n) is 7.48. The van der Waals surface area contributed by atoms with Crippen molar-refractivity contribution in [2.24, 2.45) is 0 Å². The first-order chi connectivity index (χ1) is 15.3. The maximum atomic E-state index is 13.1. The van der Waals surface area contributed by atoms with Crippen molar-refractivity contribution in [3.05, 3.63) is 59.9 Å². The molecule has 0 spiro atoms. The minimum absolute atomic E-state index is 0.0379. The third-order valence-corrected chi connectivity index (χ3v) is 6.51. The van der Waals surface area contributed by atoms with E-state index in [1.165, 1.54) is 4.90 Å². The summed E-state index contributed by atoms with van der Waals surface area (Å²) in [5.74, 6) is -1.55. The molecular weight excluding hydrogens is 437 g/mol. The standard InChI is InChI=1S/C22H26FN3O5S/c1-16-5-2-3-7-20(16)26(15-21(27)24-13-18-6-4-12-31-18)22(28)14-25-32(29,30)19-10-8-17(23)9-11-19/h2-3,5,7-11,18,25H,4,6,12-15H2,1H3,(H,24,27)/t18-/m1/s1. The summed E-state index contributed by atoms with van der Waals surface area (Å²) in [6.07, 6.45) is 1.78. The highest BCUT2D eigenvalue weighted by molar-refractivity contribution is 7.89. The zero-order valence-corrected chi connectivity index (χ0v) is 18.5. The molecule has 1 saturated heterocycles. The Bertz CT molecular complexity index is 1050. The van der Waals surface area contributed by atoms with Gasteiger partial charge in [-0.1, -0.05) is 18.2 Å². The number of nitrogens with zero attached hydrogens (tertiary/aromatic N) is 1. The lowest BCUT2D eigenvalue weighted by atomic mass is 10.1. The van der Waals surface area contributed by atoms with Gasteiger partial charge in [-0.05, 0) is 55.7 Å². The van der Waals surface area contributed by atoms with Crippen molar-refractivity contribution in [3.63, 3.8) is 0 Å². The fraction of sp³-hybridized carbons (Fsp3) is 0.364. The fourth-order valence-electron chi connectivity index (χ4n) is 3.36. The molecule has 2 N–H and O–H groups in total. The minimum atomic E-state index is -4.03. The molecular formula is C22H26FN3O5S. The van der Waals surface area contributed by atoms with Gasteiger partial charge in [0.15, 0.2) is 0 Å². The van der Waals surface area contributed by atoms with E-state index in [1.807, 2.05) is 0 Å². The van der Waals surface area contributed by atoms with Gasteiger partial charge in [0.05, 0.1) is 17.5 Å². The summed E-state index contributed by atoms with van der Waals surface area (Å²) in [5, 5.41) is 2.77. The predicted octanol–water partition coefficient (Wildman–Crippen LogP) is 1.74. The van der Waals surface area contributed by atoms with E-state index in [2.05, 4.69) is 10.0 Å². The van der Waals surface area contributed by atoms with Gasteiger partial charge in [0.1, 0.15) is 12.4 Å². The van der Waals surface area contributed by atoms with Crippen LogP contribution in [0.2, 0.25) is 0 Å². The molecule has 2 aromatic carbocycles. The number of nitrogens with one attached hydrogen (secondary N) is 2. The van der Waals surface area contributed by atoms with Gasteiger partial charge < -0.3 is 15.0 Å². The summed E-state index contributed by atoms with van der Waals surface area (Å²) in [6.45, 7) is 1.98. The van der Waals surface area contributed by atoms with Crippen LogP contribution in [0.3, 0.4) is 0 Å². The van der Waals surface area contributed by atoms with E-state index in [-0.39, 0.29) is 23.5 Å². The Morgan fingerprint density at radius 1 is 1.16 bits per heavy atom. The molecule has 0 aliphatic carbocycles. The molecule has 2 aromatic rings. The average Bonchev–Trinajstić information content (AvgIpc) is 3.29. The van der Waals surface area contributed by atoms with Crippen LogP contribution in [0.4, 0.5) is 10.1 Å². The maximum absolute atomic E-state index is 13.1. The van der Waals surface area contributed by atoms with Crippen molar-refractivity contribution in [1.82, 2.24) is 10.0 Å². The van der Waals surface area contributed by atoms with Gasteiger partial charge in [0.25, 0.3) is 0 Å². The van der Waals surface area contributed by atoms with Gasteiger partial charge >= 0.3 is 0 Å². The molecule has 0 saturated carbocycles. The van der Waals surface area contributed by atoms with Gasteiger partial charge in [0, 0.05) is 18.8 Å². The second-order valence-corrected chi connectivity index (χ2v) is 9.25. The summed E-state index contributed by atoms with van der Waals surface area (Å²) < 4.78 is 45.7. The summed E-state index contributed by atoms with van der Waals surface area (Å²) in [4.78, 5) is 26.6. The molecule has 0 bridgehead atoms. The van der Waals surface area contributed by atoms with Crippen molar-refractivity contribution >= 4 is 27.5 Å². The molecule has 0 radical (unpaired) electrons. The van der Waals surface area contributed by atoms with Crippen LogP contribution in [0.15, 0.2) is 53.4 Å². The number of hydrogen-bond donors (Lipinski definition) is 2. The summed E-state index contributed by atoms with van der Waals surface area (Å²) >= 11 is 0. The topological polar surface area (TPSA) is 105 Å². The normalized spacial score (nSPS) is 16.0. The molecule has 172 valence electrons. The Morgan fingerprint density at radius 3 is 2.53 bits per heavy atom. The smallest absolute Gasteiger partial charge is 0.242 e. The lowest BCUT2D eigenvalue weighted by Gasteiger charge is -2.24. The molecule has 1 atom stereocenters. The number of ether oxygens (including phenoxy) is 1. The number of para-hydroxylation sites is 1. The number of amides is 2. The zero-order valence-electron chi connectivity index (χ0n) is 17.7. The SMILES string of the molecule is Cc1ccccc1N(CC(=O)NC[C@H]1CCCO1)C(=O)CNS(=O)(=O)c1ccc(F)cc1. The first-order valence-electron chi connectivity index (χ1n) is 10.3. The molecule has 32 heavy (non-hydrogen) atoms. The number of sulfonamides is 1. The van der Waals surface area contributed by atoms with E-state index < -0.39 is 28.3 Å². The number of carbonyl (C=O) groups is 2. The third-order valence-electron chi connectivity index (χ3n) is 5.10. The van der Waals surface area contributed by atoms with Crippen molar-refractivity contribution < 1.29 is 27.1 Å². The van der Waals surface area contributed by atoms with E-state index in [1.54, 1.807) is 31.2 Å². The van der Waals surface area contributed by atoms with Gasteiger partial charge in [-0.2, -0.15) is 0 Å². The number of halogens is 1. The highest BCUT2D eigenvalue weighted by Gasteiger charge is 2.24. The van der Waals surface area contributed by atoms with Crippen molar-refractivity contribution in [3.8, 4) is 0 Å². The van der Waals surface area contributed by atoms with E-state index in [9.17, 15) is 22.4 Å². The van der Waals surface area contributed by atoms with Crippen molar-refractivity contribution in [2.75, 3.05) is 31.1 Å². The van der Waals surface area contributed by atoms with Crippen LogP contribution in [-0.4, -0.2) is 52.6 Å². The Labute approximate surface area is 186 Å². The molecule has 0 aromatic heterocycles. The molecule has 0 unspecified atom stereocenters. The number of anilines is 1. The highest BCUT2D eigenvalue weighted by atomic mass is 32.2. The Kier molecular flexibility index (Phi) is 7.94. The molecule has 1 aliphatic heterocycles. The van der Waals surface area contributed by atoms with Gasteiger partial charge in [0.2, 0.25) is 21.8 Å². The number of benzene rings is 2. The minimum Gasteiger partial charge on any atom is -0.376 e. The molecule has 8 nitrogen and oxygen atoms in total. The molecule has 1 heterocycles. The molecule has 2 amide bonds. The predicted molar refractivity (Wildman–Crippen MR) is 117 cm³/mol. The summed E-state index contributed by atoms with van der Waals surface area (Å²) in [5.41, 5.74) is 1.26. The fourth-order valence-corrected chi connectivity index (χ4v) is 4.33. The van der Waals surface area contributed by atoms with Crippen molar-refractivity contribution in [2.45, 2.75) is 30.8 Å². The van der Waals surface area contributed by atoms with E-state index in [0.717, 1.165) is 42.7 Å². The third kappa shape index (κ3) is 6.35. The van der Waals surface area contributed by atoms with Crippen LogP contribution in [0, 0.1) is 12.7 Å². The van der Waals surface area contributed by atoms with Crippen LogP contribution in [0.1, 0.15) is 18.4 Å². The largest absolute Gasteiger partial charge is 0.376 e. The van der Waals surface area contributed by atoms with Crippen LogP contribution in [0.25, 0.3) is 0 Å². The van der Waals surface area contributed by atoms with Gasteiger partial charge in [-0.15, -0.1) is 0 Å². The van der Waals surface area contributed by atoms with Crippen LogP contribution in [0.5, 0.6) is 0 Å². The number of aryl methyl sites for hydroxylation is 1. The first kappa shape index (κ1) is 23.8.